The van der Waals surface area contributed by atoms with Crippen LogP contribution in [0.25, 0.3) is 22.0 Å². The van der Waals surface area contributed by atoms with E-state index in [9.17, 15) is 4.79 Å². The molecule has 19 heavy (non-hydrogen) atoms. The first-order chi connectivity index (χ1) is 9.18. The van der Waals surface area contributed by atoms with Gasteiger partial charge in [-0.05, 0) is 11.6 Å². The molecular weight excluding hydrogens is 238 g/mol. The molecule has 0 aliphatic rings. The molecule has 3 aromatic rings. The molecule has 0 radical (unpaired) electrons. The van der Waals surface area contributed by atoms with E-state index in [-0.39, 0.29) is 5.78 Å². The number of H-pyrrole nitrogens is 1. The van der Waals surface area contributed by atoms with Crippen molar-refractivity contribution in [2.45, 2.75) is 6.92 Å². The highest BCUT2D eigenvalue weighted by atomic mass is 16.1. The molecule has 0 spiro atoms. The molecule has 0 saturated heterocycles. The molecule has 3 N–H and O–H groups in total. The number of carbonyl (C=O) groups excluding carboxylic acids is 1. The summed E-state index contributed by atoms with van der Waals surface area (Å²) in [4.78, 5) is 11.5. The molecular formula is C15H13N3O. The lowest BCUT2D eigenvalue weighted by atomic mass is 10.0. The highest BCUT2D eigenvalue weighted by Crippen LogP contribution is 2.32. The first-order valence-electron chi connectivity index (χ1n) is 6.01. The number of aromatic amines is 1. The molecule has 3 rings (SSSR count). The van der Waals surface area contributed by atoms with Crippen LogP contribution in [0.15, 0.2) is 42.5 Å². The van der Waals surface area contributed by atoms with Crippen LogP contribution in [-0.4, -0.2) is 16.0 Å². The second kappa shape index (κ2) is 4.24. The standard InChI is InChI=1S/C15H13N3O/c1-9(19)14-12-8-7-11(10-5-3-2-4-6-10)13(16)15(12)18-17-14/h2-8H,16H2,1H3,(H,17,18). The van der Waals surface area contributed by atoms with Gasteiger partial charge in [-0.2, -0.15) is 5.10 Å². The van der Waals surface area contributed by atoms with Gasteiger partial charge in [-0.3, -0.25) is 9.89 Å². The minimum atomic E-state index is -0.0712. The van der Waals surface area contributed by atoms with Gasteiger partial charge in [0.15, 0.2) is 5.78 Å². The Morgan fingerprint density at radius 3 is 2.58 bits per heavy atom. The van der Waals surface area contributed by atoms with Gasteiger partial charge in [0.1, 0.15) is 5.69 Å². The predicted octanol–water partition coefficient (Wildman–Crippen LogP) is 3.01. The van der Waals surface area contributed by atoms with Crippen molar-refractivity contribution < 1.29 is 4.79 Å². The van der Waals surface area contributed by atoms with Crippen LogP contribution >= 0.6 is 0 Å². The number of aromatic nitrogens is 2. The van der Waals surface area contributed by atoms with Crippen LogP contribution in [0.1, 0.15) is 17.4 Å². The number of Topliss-reactive ketones (excluding diaryl/α,β-unsaturated/α-hetero) is 1. The van der Waals surface area contributed by atoms with Gasteiger partial charge >= 0.3 is 0 Å². The number of ketones is 1. The fourth-order valence-electron chi connectivity index (χ4n) is 2.25. The van der Waals surface area contributed by atoms with Crippen LogP contribution in [0, 0.1) is 0 Å². The van der Waals surface area contributed by atoms with Crippen LogP contribution in [0.3, 0.4) is 0 Å². The smallest absolute Gasteiger partial charge is 0.180 e. The SMILES string of the molecule is CC(=O)c1n[nH]c2c(N)c(-c3ccccc3)ccc12. The van der Waals surface area contributed by atoms with Crippen LogP contribution in [-0.2, 0) is 0 Å². The van der Waals surface area contributed by atoms with Crippen LogP contribution in [0.4, 0.5) is 5.69 Å². The lowest BCUT2D eigenvalue weighted by Gasteiger charge is -2.06. The Kier molecular flexibility index (Phi) is 2.56. The molecule has 94 valence electrons. The van der Waals surface area contributed by atoms with Gasteiger partial charge in [0, 0.05) is 17.9 Å². The molecule has 4 nitrogen and oxygen atoms in total. The number of fused-ring (bicyclic) bond motifs is 1. The zero-order valence-electron chi connectivity index (χ0n) is 10.5. The summed E-state index contributed by atoms with van der Waals surface area (Å²) in [6.45, 7) is 1.50. The number of hydrogen-bond acceptors (Lipinski definition) is 3. The molecule has 0 atom stereocenters. The van der Waals surface area contributed by atoms with Crippen LogP contribution in [0.5, 0.6) is 0 Å². The van der Waals surface area contributed by atoms with Crippen molar-refractivity contribution in [3.8, 4) is 11.1 Å². The molecule has 4 heteroatoms. The highest BCUT2D eigenvalue weighted by molar-refractivity contribution is 6.09. The maximum atomic E-state index is 11.5. The summed E-state index contributed by atoms with van der Waals surface area (Å²) >= 11 is 0. The van der Waals surface area contributed by atoms with E-state index in [0.29, 0.717) is 16.9 Å². The van der Waals surface area contributed by atoms with Crippen molar-refractivity contribution in [2.75, 3.05) is 5.73 Å². The Morgan fingerprint density at radius 1 is 1.16 bits per heavy atom. The lowest BCUT2D eigenvalue weighted by Crippen LogP contribution is -1.94. The largest absolute Gasteiger partial charge is 0.396 e. The number of nitrogens with two attached hydrogens (primary N) is 1. The Balaban J connectivity index is 2.26. The molecule has 0 fully saturated rings. The number of benzene rings is 2. The minimum absolute atomic E-state index is 0.0712. The molecule has 0 saturated carbocycles. The Bertz CT molecular complexity index is 760. The summed E-state index contributed by atoms with van der Waals surface area (Å²) in [6, 6.07) is 13.7. The number of nitrogen functional groups attached to an aromatic ring is 1. The topological polar surface area (TPSA) is 71.8 Å². The molecule has 0 bridgehead atoms. The van der Waals surface area contributed by atoms with Crippen LogP contribution in [0.2, 0.25) is 0 Å². The number of hydrogen-bond donors (Lipinski definition) is 2. The number of nitrogens with zero attached hydrogens (tertiary/aromatic N) is 1. The molecule has 2 aromatic carbocycles. The van der Waals surface area contributed by atoms with Crippen molar-refractivity contribution in [3.05, 3.63) is 48.2 Å². The normalized spacial score (nSPS) is 10.8. The van der Waals surface area contributed by atoms with Gasteiger partial charge in [-0.1, -0.05) is 36.4 Å². The average molecular weight is 251 g/mol. The lowest BCUT2D eigenvalue weighted by molar-refractivity contribution is 0.101. The molecule has 0 aliphatic heterocycles. The van der Waals surface area contributed by atoms with Crippen molar-refractivity contribution in [1.29, 1.82) is 0 Å². The van der Waals surface area contributed by atoms with E-state index < -0.39 is 0 Å². The van der Waals surface area contributed by atoms with Crippen LogP contribution < -0.4 is 5.73 Å². The van der Waals surface area contributed by atoms with Gasteiger partial charge in [-0.25, -0.2) is 0 Å². The molecule has 0 unspecified atom stereocenters. The Hall–Kier alpha value is -2.62. The summed E-state index contributed by atoms with van der Waals surface area (Å²) in [5.74, 6) is -0.0712. The maximum absolute atomic E-state index is 11.5. The number of rotatable bonds is 2. The van der Waals surface area contributed by atoms with E-state index in [1.54, 1.807) is 0 Å². The van der Waals surface area contributed by atoms with Crippen molar-refractivity contribution in [1.82, 2.24) is 10.2 Å². The third kappa shape index (κ3) is 1.78. The third-order valence-corrected chi connectivity index (χ3v) is 3.20. The Labute approximate surface area is 110 Å². The van der Waals surface area contributed by atoms with Crippen molar-refractivity contribution in [2.24, 2.45) is 0 Å². The molecule has 0 amide bonds. The third-order valence-electron chi connectivity index (χ3n) is 3.20. The summed E-state index contributed by atoms with van der Waals surface area (Å²) in [5.41, 5.74) is 9.92. The second-order valence-corrected chi connectivity index (χ2v) is 4.44. The van der Waals surface area contributed by atoms with Gasteiger partial charge in [0.2, 0.25) is 0 Å². The number of nitrogens with one attached hydrogen (secondary N) is 1. The van der Waals surface area contributed by atoms with E-state index in [1.165, 1.54) is 6.92 Å². The number of anilines is 1. The highest BCUT2D eigenvalue weighted by Gasteiger charge is 2.14. The van der Waals surface area contributed by atoms with E-state index in [0.717, 1.165) is 16.5 Å². The van der Waals surface area contributed by atoms with Gasteiger partial charge in [-0.15, -0.1) is 0 Å². The van der Waals surface area contributed by atoms with E-state index in [1.807, 2.05) is 42.5 Å². The summed E-state index contributed by atoms with van der Waals surface area (Å²) < 4.78 is 0. The van der Waals surface area contributed by atoms with Crippen molar-refractivity contribution in [3.63, 3.8) is 0 Å². The minimum Gasteiger partial charge on any atom is -0.396 e. The zero-order valence-corrected chi connectivity index (χ0v) is 10.5. The average Bonchev–Trinajstić information content (AvgIpc) is 2.85. The quantitative estimate of drug-likeness (QED) is 0.543. The van der Waals surface area contributed by atoms with Gasteiger partial charge in [0.25, 0.3) is 0 Å². The first kappa shape index (κ1) is 11.5. The van der Waals surface area contributed by atoms with Gasteiger partial charge in [0.05, 0.1) is 11.2 Å². The van der Waals surface area contributed by atoms with E-state index in [2.05, 4.69) is 10.2 Å². The first-order valence-corrected chi connectivity index (χ1v) is 6.01. The monoisotopic (exact) mass is 251 g/mol. The Morgan fingerprint density at radius 2 is 1.89 bits per heavy atom. The fourth-order valence-corrected chi connectivity index (χ4v) is 2.25. The summed E-state index contributed by atoms with van der Waals surface area (Å²) in [6.07, 6.45) is 0. The molecule has 1 heterocycles. The molecule has 0 aliphatic carbocycles. The second-order valence-electron chi connectivity index (χ2n) is 4.44. The number of carbonyl (C=O) groups is 1. The predicted molar refractivity (Wildman–Crippen MR) is 75.9 cm³/mol. The zero-order chi connectivity index (χ0) is 13.4. The van der Waals surface area contributed by atoms with E-state index >= 15 is 0 Å². The van der Waals surface area contributed by atoms with E-state index in [4.69, 9.17) is 5.73 Å². The van der Waals surface area contributed by atoms with Gasteiger partial charge < -0.3 is 5.73 Å². The summed E-state index contributed by atoms with van der Waals surface area (Å²) in [5, 5.41) is 7.66. The fraction of sp³-hybridized carbons (Fsp3) is 0.0667. The molecule has 1 aromatic heterocycles. The summed E-state index contributed by atoms with van der Waals surface area (Å²) in [7, 11) is 0. The van der Waals surface area contributed by atoms with Crippen molar-refractivity contribution >= 4 is 22.4 Å². The maximum Gasteiger partial charge on any atom is 0.180 e.